The number of hydrogen-bond acceptors (Lipinski definition) is 6. The van der Waals surface area contributed by atoms with E-state index >= 15 is 0 Å². The van der Waals surface area contributed by atoms with Crippen LogP contribution in [-0.2, 0) is 9.84 Å². The number of sulfone groups is 1. The molecule has 172 valence electrons. The monoisotopic (exact) mass is 470 g/mol. The van der Waals surface area contributed by atoms with Gasteiger partial charge in [0.05, 0.1) is 22.7 Å². The van der Waals surface area contributed by atoms with Gasteiger partial charge in [-0.05, 0) is 49.7 Å². The summed E-state index contributed by atoms with van der Waals surface area (Å²) >= 11 is 0. The standard InChI is InChI=1S/C22H31FN4O2S.ClH/c1-18(17-24)30(28,29)16-4-11-26-12-14-27(15-13-26)22(21-5-2-3-10-25-21)19-6-8-20(23)9-7-19;/h2-3,5-10,18,22H,4,11-17,24H2,1H3;1H. The van der Waals surface area contributed by atoms with E-state index in [1.807, 2.05) is 30.3 Å². The zero-order valence-corrected chi connectivity index (χ0v) is 19.5. The Bertz CT molecular complexity index is 891. The first kappa shape index (κ1) is 25.7. The molecule has 2 atom stereocenters. The van der Waals surface area contributed by atoms with Gasteiger partial charge in [0.25, 0.3) is 0 Å². The summed E-state index contributed by atoms with van der Waals surface area (Å²) in [6.07, 6.45) is 2.40. The molecule has 0 aliphatic carbocycles. The van der Waals surface area contributed by atoms with Crippen molar-refractivity contribution in [1.82, 2.24) is 14.8 Å². The molecule has 1 saturated heterocycles. The van der Waals surface area contributed by atoms with Gasteiger partial charge in [-0.25, -0.2) is 12.8 Å². The Morgan fingerprint density at radius 2 is 1.77 bits per heavy atom. The van der Waals surface area contributed by atoms with E-state index in [1.54, 1.807) is 13.1 Å². The molecule has 1 aliphatic rings. The van der Waals surface area contributed by atoms with E-state index < -0.39 is 15.1 Å². The predicted molar refractivity (Wildman–Crippen MR) is 125 cm³/mol. The Hall–Kier alpha value is -1.58. The summed E-state index contributed by atoms with van der Waals surface area (Å²) in [6.45, 7) is 5.99. The molecule has 1 aromatic heterocycles. The maximum atomic E-state index is 13.4. The molecule has 0 spiro atoms. The van der Waals surface area contributed by atoms with Gasteiger partial charge in [-0.1, -0.05) is 18.2 Å². The highest BCUT2D eigenvalue weighted by Crippen LogP contribution is 2.28. The number of nitrogens with two attached hydrogens (primary N) is 1. The Balaban J connectivity index is 0.00000341. The molecule has 3 rings (SSSR count). The van der Waals surface area contributed by atoms with Gasteiger partial charge in [0.15, 0.2) is 9.84 Å². The molecule has 6 nitrogen and oxygen atoms in total. The average Bonchev–Trinajstić information content (AvgIpc) is 2.76. The van der Waals surface area contributed by atoms with Crippen LogP contribution in [0.25, 0.3) is 0 Å². The lowest BCUT2D eigenvalue weighted by molar-refractivity contribution is 0.108. The van der Waals surface area contributed by atoms with Gasteiger partial charge in [0, 0.05) is 38.9 Å². The number of hydrogen-bond donors (Lipinski definition) is 1. The fraction of sp³-hybridized carbons (Fsp3) is 0.500. The van der Waals surface area contributed by atoms with Crippen molar-refractivity contribution in [2.75, 3.05) is 45.0 Å². The van der Waals surface area contributed by atoms with Crippen molar-refractivity contribution in [2.45, 2.75) is 24.6 Å². The van der Waals surface area contributed by atoms with Crippen molar-refractivity contribution in [3.05, 3.63) is 65.7 Å². The normalized spacial score (nSPS) is 17.6. The maximum absolute atomic E-state index is 13.4. The number of aromatic nitrogens is 1. The molecule has 2 unspecified atom stereocenters. The second-order valence-electron chi connectivity index (χ2n) is 7.85. The third-order valence-corrected chi connectivity index (χ3v) is 8.05. The van der Waals surface area contributed by atoms with E-state index in [-0.39, 0.29) is 36.6 Å². The molecule has 0 radical (unpaired) electrons. The molecule has 2 N–H and O–H groups in total. The van der Waals surface area contributed by atoms with Crippen LogP contribution < -0.4 is 5.73 Å². The zero-order valence-electron chi connectivity index (χ0n) is 17.9. The third-order valence-electron chi connectivity index (χ3n) is 5.77. The number of pyridine rings is 1. The molecular formula is C22H32ClFN4O2S. The van der Waals surface area contributed by atoms with Crippen LogP contribution in [0.15, 0.2) is 48.7 Å². The van der Waals surface area contributed by atoms with Crippen LogP contribution >= 0.6 is 12.4 Å². The van der Waals surface area contributed by atoms with Crippen molar-refractivity contribution in [1.29, 1.82) is 0 Å². The lowest BCUT2D eigenvalue weighted by atomic mass is 10.00. The first-order valence-corrected chi connectivity index (χ1v) is 12.2. The Kier molecular flexibility index (Phi) is 9.84. The molecule has 0 bridgehead atoms. The Morgan fingerprint density at radius 1 is 1.10 bits per heavy atom. The van der Waals surface area contributed by atoms with Crippen LogP contribution in [0, 0.1) is 5.82 Å². The van der Waals surface area contributed by atoms with Gasteiger partial charge in [-0.15, -0.1) is 12.4 Å². The minimum atomic E-state index is -3.11. The van der Waals surface area contributed by atoms with Gasteiger partial charge < -0.3 is 10.6 Å². The van der Waals surface area contributed by atoms with Crippen LogP contribution in [0.5, 0.6) is 0 Å². The highest BCUT2D eigenvalue weighted by Gasteiger charge is 2.27. The molecule has 2 heterocycles. The number of benzene rings is 1. The van der Waals surface area contributed by atoms with E-state index in [0.717, 1.165) is 44.0 Å². The van der Waals surface area contributed by atoms with Gasteiger partial charge in [-0.3, -0.25) is 9.88 Å². The topological polar surface area (TPSA) is 79.5 Å². The Morgan fingerprint density at radius 3 is 2.35 bits per heavy atom. The number of piperazine rings is 1. The molecule has 0 saturated carbocycles. The number of rotatable bonds is 9. The van der Waals surface area contributed by atoms with E-state index in [1.165, 1.54) is 12.1 Å². The molecule has 31 heavy (non-hydrogen) atoms. The smallest absolute Gasteiger partial charge is 0.154 e. The van der Waals surface area contributed by atoms with Crippen LogP contribution in [0.2, 0.25) is 0 Å². The quantitative estimate of drug-likeness (QED) is 0.606. The number of halogens is 2. The highest BCUT2D eigenvalue weighted by atomic mass is 35.5. The van der Waals surface area contributed by atoms with Crippen molar-refractivity contribution in [2.24, 2.45) is 5.73 Å². The minimum Gasteiger partial charge on any atom is -0.329 e. The summed E-state index contributed by atoms with van der Waals surface area (Å²) in [5.41, 5.74) is 7.46. The van der Waals surface area contributed by atoms with E-state index in [9.17, 15) is 12.8 Å². The first-order chi connectivity index (χ1) is 14.4. The second-order valence-corrected chi connectivity index (χ2v) is 10.4. The number of nitrogens with zero attached hydrogens (tertiary/aromatic N) is 3. The molecule has 1 fully saturated rings. The summed E-state index contributed by atoms with van der Waals surface area (Å²) < 4.78 is 37.7. The van der Waals surface area contributed by atoms with E-state index in [4.69, 9.17) is 5.73 Å². The minimum absolute atomic E-state index is 0. The fourth-order valence-corrected chi connectivity index (χ4v) is 5.06. The average molecular weight is 471 g/mol. The molecule has 2 aromatic rings. The molecular weight excluding hydrogens is 439 g/mol. The van der Waals surface area contributed by atoms with Gasteiger partial charge in [-0.2, -0.15) is 0 Å². The van der Waals surface area contributed by atoms with Crippen molar-refractivity contribution in [3.8, 4) is 0 Å². The fourth-order valence-electron chi connectivity index (χ4n) is 3.83. The Labute approximate surface area is 191 Å². The van der Waals surface area contributed by atoms with E-state index in [0.29, 0.717) is 6.42 Å². The van der Waals surface area contributed by atoms with Crippen molar-refractivity contribution < 1.29 is 12.8 Å². The van der Waals surface area contributed by atoms with Crippen molar-refractivity contribution in [3.63, 3.8) is 0 Å². The zero-order chi connectivity index (χ0) is 21.6. The summed E-state index contributed by atoms with van der Waals surface area (Å²) in [4.78, 5) is 9.21. The van der Waals surface area contributed by atoms with Crippen LogP contribution in [0.4, 0.5) is 4.39 Å². The van der Waals surface area contributed by atoms with Gasteiger partial charge in [0.1, 0.15) is 5.82 Å². The predicted octanol–water partition coefficient (Wildman–Crippen LogP) is 2.50. The van der Waals surface area contributed by atoms with Crippen LogP contribution in [-0.4, -0.2) is 73.5 Å². The van der Waals surface area contributed by atoms with Crippen LogP contribution in [0.3, 0.4) is 0 Å². The lowest BCUT2D eigenvalue weighted by Crippen LogP contribution is -2.48. The first-order valence-electron chi connectivity index (χ1n) is 10.4. The highest BCUT2D eigenvalue weighted by molar-refractivity contribution is 7.92. The van der Waals surface area contributed by atoms with Gasteiger partial charge in [0.2, 0.25) is 0 Å². The van der Waals surface area contributed by atoms with Gasteiger partial charge >= 0.3 is 0 Å². The molecule has 9 heteroatoms. The summed E-state index contributed by atoms with van der Waals surface area (Å²) in [5, 5.41) is -0.482. The summed E-state index contributed by atoms with van der Waals surface area (Å²) in [7, 11) is -3.11. The third kappa shape index (κ3) is 6.95. The SMILES string of the molecule is CC(CN)S(=O)(=O)CCCN1CCN(C(c2ccc(F)cc2)c2ccccn2)CC1.Cl. The van der Waals surface area contributed by atoms with Crippen molar-refractivity contribution >= 4 is 22.2 Å². The second kappa shape index (κ2) is 11.9. The summed E-state index contributed by atoms with van der Waals surface area (Å²) in [6, 6.07) is 12.5. The maximum Gasteiger partial charge on any atom is 0.154 e. The summed E-state index contributed by atoms with van der Waals surface area (Å²) in [5.74, 6) is -0.0696. The largest absolute Gasteiger partial charge is 0.329 e. The van der Waals surface area contributed by atoms with Crippen LogP contribution in [0.1, 0.15) is 30.6 Å². The molecule has 1 aliphatic heterocycles. The molecule has 1 aromatic carbocycles. The molecule has 0 amide bonds. The van der Waals surface area contributed by atoms with E-state index in [2.05, 4.69) is 14.8 Å². The lowest BCUT2D eigenvalue weighted by Gasteiger charge is -2.39.